The summed E-state index contributed by atoms with van der Waals surface area (Å²) in [6.07, 6.45) is 1.84. The maximum Gasteiger partial charge on any atom is 0.252 e. The molecule has 0 radical (unpaired) electrons. The van der Waals surface area contributed by atoms with Crippen LogP contribution in [-0.2, 0) is 9.59 Å². The van der Waals surface area contributed by atoms with Gasteiger partial charge in [0.05, 0.1) is 6.42 Å². The van der Waals surface area contributed by atoms with Crippen molar-refractivity contribution in [3.05, 3.63) is 24.4 Å². The summed E-state index contributed by atoms with van der Waals surface area (Å²) in [6.45, 7) is 3.66. The van der Waals surface area contributed by atoms with E-state index in [1.807, 2.05) is 19.9 Å². The highest BCUT2D eigenvalue weighted by Crippen LogP contribution is 2.19. The molecule has 1 aromatic rings. The molecule has 2 amide bonds. The Hall–Kier alpha value is -1.91. The minimum atomic E-state index is -0.486. The molecule has 0 aliphatic carbocycles. The molecule has 1 aromatic heterocycles. The van der Waals surface area contributed by atoms with E-state index >= 15 is 0 Å². The lowest BCUT2D eigenvalue weighted by atomic mass is 10.2. The van der Waals surface area contributed by atoms with Crippen LogP contribution < -0.4 is 5.32 Å². The SMILES string of the molecule is CC(C)N1C(=O)CC(Nc2ccccn2)C1=O. The van der Waals surface area contributed by atoms with Crippen LogP contribution in [0, 0.1) is 0 Å². The Labute approximate surface area is 99.8 Å². The molecule has 0 spiro atoms. The summed E-state index contributed by atoms with van der Waals surface area (Å²) in [4.78, 5) is 29.0. The number of pyridine rings is 1. The Morgan fingerprint density at radius 1 is 1.41 bits per heavy atom. The van der Waals surface area contributed by atoms with E-state index in [1.54, 1.807) is 18.3 Å². The number of amides is 2. The third kappa shape index (κ3) is 2.27. The molecule has 1 saturated heterocycles. The smallest absolute Gasteiger partial charge is 0.252 e. The summed E-state index contributed by atoms with van der Waals surface area (Å²) < 4.78 is 0. The number of nitrogens with one attached hydrogen (secondary N) is 1. The van der Waals surface area contributed by atoms with E-state index in [0.29, 0.717) is 5.82 Å². The van der Waals surface area contributed by atoms with Crippen molar-refractivity contribution in [2.24, 2.45) is 0 Å². The fourth-order valence-electron chi connectivity index (χ4n) is 1.93. The number of hydrogen-bond acceptors (Lipinski definition) is 4. The van der Waals surface area contributed by atoms with E-state index in [-0.39, 0.29) is 24.3 Å². The number of nitrogens with zero attached hydrogens (tertiary/aromatic N) is 2. The van der Waals surface area contributed by atoms with Crippen LogP contribution in [0.2, 0.25) is 0 Å². The molecule has 1 atom stereocenters. The van der Waals surface area contributed by atoms with E-state index in [2.05, 4.69) is 10.3 Å². The summed E-state index contributed by atoms with van der Waals surface area (Å²) >= 11 is 0. The largest absolute Gasteiger partial charge is 0.358 e. The van der Waals surface area contributed by atoms with E-state index in [1.165, 1.54) is 4.90 Å². The molecule has 1 aliphatic rings. The van der Waals surface area contributed by atoms with Gasteiger partial charge in [0.1, 0.15) is 11.9 Å². The van der Waals surface area contributed by atoms with Crippen molar-refractivity contribution < 1.29 is 9.59 Å². The lowest BCUT2D eigenvalue weighted by molar-refractivity contribution is -0.140. The van der Waals surface area contributed by atoms with Gasteiger partial charge in [-0.05, 0) is 26.0 Å². The van der Waals surface area contributed by atoms with Crippen molar-refractivity contribution in [2.75, 3.05) is 5.32 Å². The van der Waals surface area contributed by atoms with Gasteiger partial charge in [-0.25, -0.2) is 4.98 Å². The van der Waals surface area contributed by atoms with E-state index in [0.717, 1.165) is 0 Å². The number of likely N-dealkylation sites (tertiary alicyclic amines) is 1. The molecule has 1 aliphatic heterocycles. The van der Waals surface area contributed by atoms with Crippen LogP contribution in [0.1, 0.15) is 20.3 Å². The topological polar surface area (TPSA) is 62.3 Å². The second kappa shape index (κ2) is 4.53. The predicted octanol–water partition coefficient (Wildman–Crippen LogP) is 1.03. The quantitative estimate of drug-likeness (QED) is 0.792. The molecule has 17 heavy (non-hydrogen) atoms. The van der Waals surface area contributed by atoms with E-state index in [4.69, 9.17) is 0 Å². The van der Waals surface area contributed by atoms with Gasteiger partial charge in [-0.3, -0.25) is 14.5 Å². The minimum absolute atomic E-state index is 0.0921. The molecule has 0 aromatic carbocycles. The molecule has 2 rings (SSSR count). The normalized spacial score (nSPS) is 20.2. The Kier molecular flexibility index (Phi) is 3.08. The summed E-state index contributed by atoms with van der Waals surface area (Å²) in [6, 6.07) is 4.82. The van der Waals surface area contributed by atoms with Gasteiger partial charge in [0.25, 0.3) is 5.91 Å². The molecular formula is C12H15N3O2. The zero-order valence-electron chi connectivity index (χ0n) is 9.88. The Balaban J connectivity index is 2.10. The highest BCUT2D eigenvalue weighted by Gasteiger charge is 2.39. The number of rotatable bonds is 3. The van der Waals surface area contributed by atoms with E-state index < -0.39 is 6.04 Å². The standard InChI is InChI=1S/C12H15N3O2/c1-8(2)15-11(16)7-9(12(15)17)14-10-5-3-4-6-13-10/h3-6,8-9H,7H2,1-2H3,(H,13,14). The van der Waals surface area contributed by atoms with Crippen molar-refractivity contribution in [1.29, 1.82) is 0 Å². The van der Waals surface area contributed by atoms with Crippen LogP contribution in [0.25, 0.3) is 0 Å². The maximum absolute atomic E-state index is 12.0. The summed E-state index contributed by atoms with van der Waals surface area (Å²) in [5.41, 5.74) is 0. The lowest BCUT2D eigenvalue weighted by Gasteiger charge is -2.19. The molecular weight excluding hydrogens is 218 g/mol. The monoisotopic (exact) mass is 233 g/mol. The fraction of sp³-hybridized carbons (Fsp3) is 0.417. The van der Waals surface area contributed by atoms with Gasteiger partial charge in [-0.2, -0.15) is 0 Å². The maximum atomic E-state index is 12.0. The van der Waals surface area contributed by atoms with Gasteiger partial charge in [0, 0.05) is 12.2 Å². The van der Waals surface area contributed by atoms with Gasteiger partial charge in [0.15, 0.2) is 0 Å². The zero-order valence-corrected chi connectivity index (χ0v) is 9.88. The number of carbonyl (C=O) groups is 2. The van der Waals surface area contributed by atoms with Crippen LogP contribution in [0.5, 0.6) is 0 Å². The lowest BCUT2D eigenvalue weighted by Crippen LogP contribution is -2.39. The van der Waals surface area contributed by atoms with Gasteiger partial charge in [-0.15, -0.1) is 0 Å². The van der Waals surface area contributed by atoms with Crippen molar-refractivity contribution >= 4 is 17.6 Å². The molecule has 0 bridgehead atoms. The number of imide groups is 1. The first-order valence-corrected chi connectivity index (χ1v) is 5.63. The molecule has 2 heterocycles. The van der Waals surface area contributed by atoms with Crippen molar-refractivity contribution in [2.45, 2.75) is 32.4 Å². The first-order chi connectivity index (χ1) is 8.09. The van der Waals surface area contributed by atoms with Gasteiger partial charge >= 0.3 is 0 Å². The average molecular weight is 233 g/mol. The molecule has 1 fully saturated rings. The summed E-state index contributed by atoms with van der Waals surface area (Å²) in [5, 5.41) is 2.98. The van der Waals surface area contributed by atoms with Crippen LogP contribution in [-0.4, -0.2) is 33.8 Å². The fourth-order valence-corrected chi connectivity index (χ4v) is 1.93. The first-order valence-electron chi connectivity index (χ1n) is 5.63. The number of anilines is 1. The third-order valence-corrected chi connectivity index (χ3v) is 2.69. The Morgan fingerprint density at radius 3 is 2.71 bits per heavy atom. The molecule has 0 saturated carbocycles. The van der Waals surface area contributed by atoms with Crippen LogP contribution >= 0.6 is 0 Å². The van der Waals surface area contributed by atoms with Crippen LogP contribution in [0.3, 0.4) is 0 Å². The number of aromatic nitrogens is 1. The van der Waals surface area contributed by atoms with E-state index in [9.17, 15) is 9.59 Å². The van der Waals surface area contributed by atoms with Crippen molar-refractivity contribution in [3.63, 3.8) is 0 Å². The molecule has 5 heteroatoms. The van der Waals surface area contributed by atoms with Gasteiger partial charge < -0.3 is 5.32 Å². The average Bonchev–Trinajstić information content (AvgIpc) is 2.55. The van der Waals surface area contributed by atoms with Crippen molar-refractivity contribution in [3.8, 4) is 0 Å². The zero-order chi connectivity index (χ0) is 12.4. The predicted molar refractivity (Wildman–Crippen MR) is 63.3 cm³/mol. The second-order valence-electron chi connectivity index (χ2n) is 4.31. The van der Waals surface area contributed by atoms with Gasteiger partial charge in [0.2, 0.25) is 5.91 Å². The molecule has 5 nitrogen and oxygen atoms in total. The molecule has 1 N–H and O–H groups in total. The number of hydrogen-bond donors (Lipinski definition) is 1. The number of carbonyl (C=O) groups excluding carboxylic acids is 2. The third-order valence-electron chi connectivity index (χ3n) is 2.69. The highest BCUT2D eigenvalue weighted by atomic mass is 16.2. The Bertz CT molecular complexity index is 431. The molecule has 90 valence electrons. The molecule has 1 unspecified atom stereocenters. The minimum Gasteiger partial charge on any atom is -0.358 e. The Morgan fingerprint density at radius 2 is 2.18 bits per heavy atom. The summed E-state index contributed by atoms with van der Waals surface area (Å²) in [5.74, 6) is 0.318. The summed E-state index contributed by atoms with van der Waals surface area (Å²) in [7, 11) is 0. The first kappa shape index (κ1) is 11.6. The van der Waals surface area contributed by atoms with Crippen molar-refractivity contribution in [1.82, 2.24) is 9.88 Å². The van der Waals surface area contributed by atoms with Crippen LogP contribution in [0.4, 0.5) is 5.82 Å². The van der Waals surface area contributed by atoms with Crippen LogP contribution in [0.15, 0.2) is 24.4 Å². The second-order valence-corrected chi connectivity index (χ2v) is 4.31. The van der Waals surface area contributed by atoms with Gasteiger partial charge in [-0.1, -0.05) is 6.07 Å². The highest BCUT2D eigenvalue weighted by molar-refractivity contribution is 6.07.